The standard InChI is InChI=1S/C23H28N2O4/c1-14-10-15(2)21(16(3)11-14)23(28)29-13-20(26)17(4)25-22(27)19(24)12-18-8-6-5-7-9-18/h5-11,17,19H,12-13,24H2,1-4H3,(H,25,27)/t17-,19-/m0/s1. The highest BCUT2D eigenvalue weighted by Crippen LogP contribution is 2.17. The lowest BCUT2D eigenvalue weighted by molar-refractivity contribution is -0.129. The van der Waals surface area contributed by atoms with Crippen LogP contribution in [0.2, 0.25) is 0 Å². The van der Waals surface area contributed by atoms with Gasteiger partial charge in [-0.15, -0.1) is 0 Å². The summed E-state index contributed by atoms with van der Waals surface area (Å²) in [4.78, 5) is 36.9. The summed E-state index contributed by atoms with van der Waals surface area (Å²) in [5, 5.41) is 2.59. The highest BCUT2D eigenvalue weighted by molar-refractivity contribution is 5.96. The van der Waals surface area contributed by atoms with E-state index in [0.717, 1.165) is 22.3 Å². The van der Waals surface area contributed by atoms with Crippen LogP contribution in [-0.2, 0) is 20.7 Å². The number of ether oxygens (including phenoxy) is 1. The molecule has 0 saturated carbocycles. The molecule has 0 heterocycles. The number of nitrogens with one attached hydrogen (secondary N) is 1. The van der Waals surface area contributed by atoms with E-state index in [2.05, 4.69) is 5.32 Å². The molecule has 3 N–H and O–H groups in total. The van der Waals surface area contributed by atoms with Gasteiger partial charge in [0.15, 0.2) is 12.4 Å². The summed E-state index contributed by atoms with van der Waals surface area (Å²) >= 11 is 0. The maximum atomic E-state index is 12.4. The lowest BCUT2D eigenvalue weighted by atomic mass is 10.00. The number of hydrogen-bond donors (Lipinski definition) is 2. The maximum absolute atomic E-state index is 12.4. The Morgan fingerprint density at radius 2 is 1.62 bits per heavy atom. The molecule has 0 saturated heterocycles. The van der Waals surface area contributed by atoms with Gasteiger partial charge in [0.2, 0.25) is 5.91 Å². The first kappa shape index (κ1) is 22.3. The van der Waals surface area contributed by atoms with Crippen molar-refractivity contribution in [3.8, 4) is 0 Å². The Labute approximate surface area is 171 Å². The van der Waals surface area contributed by atoms with Gasteiger partial charge in [0, 0.05) is 0 Å². The minimum Gasteiger partial charge on any atom is -0.454 e. The summed E-state index contributed by atoms with van der Waals surface area (Å²) in [5.74, 6) is -1.38. The number of aryl methyl sites for hydroxylation is 3. The number of hydrogen-bond acceptors (Lipinski definition) is 5. The van der Waals surface area contributed by atoms with E-state index in [1.54, 1.807) is 6.92 Å². The number of carbonyl (C=O) groups is 3. The fraction of sp³-hybridized carbons (Fsp3) is 0.348. The predicted molar refractivity (Wildman–Crippen MR) is 112 cm³/mol. The van der Waals surface area contributed by atoms with Crippen molar-refractivity contribution in [3.63, 3.8) is 0 Å². The van der Waals surface area contributed by atoms with Gasteiger partial charge >= 0.3 is 5.97 Å². The SMILES string of the molecule is Cc1cc(C)c(C(=O)OCC(=O)[C@H](C)NC(=O)[C@@H](N)Cc2ccccc2)c(C)c1. The molecule has 1 amide bonds. The molecular weight excluding hydrogens is 368 g/mol. The van der Waals surface area contributed by atoms with Crippen molar-refractivity contribution in [1.82, 2.24) is 5.32 Å². The fourth-order valence-corrected chi connectivity index (χ4v) is 3.20. The third kappa shape index (κ3) is 6.26. The normalized spacial score (nSPS) is 12.7. The number of benzene rings is 2. The molecular formula is C23H28N2O4. The second kappa shape index (κ2) is 9.98. The van der Waals surface area contributed by atoms with E-state index in [-0.39, 0.29) is 0 Å². The lowest BCUT2D eigenvalue weighted by Crippen LogP contribution is -2.48. The molecule has 2 aromatic rings. The number of Topliss-reactive ketones (excluding diaryl/α,β-unsaturated/α-hetero) is 1. The van der Waals surface area contributed by atoms with E-state index < -0.39 is 36.4 Å². The molecule has 0 aromatic heterocycles. The van der Waals surface area contributed by atoms with Crippen LogP contribution < -0.4 is 11.1 Å². The number of carbonyl (C=O) groups excluding carboxylic acids is 3. The molecule has 0 aliphatic rings. The van der Waals surface area contributed by atoms with Crippen molar-refractivity contribution in [2.75, 3.05) is 6.61 Å². The zero-order valence-electron chi connectivity index (χ0n) is 17.3. The second-order valence-corrected chi connectivity index (χ2v) is 7.34. The smallest absolute Gasteiger partial charge is 0.339 e. The van der Waals surface area contributed by atoms with Gasteiger partial charge in [-0.2, -0.15) is 0 Å². The van der Waals surface area contributed by atoms with Gasteiger partial charge in [-0.25, -0.2) is 4.79 Å². The van der Waals surface area contributed by atoms with Crippen LogP contribution >= 0.6 is 0 Å². The molecule has 2 rings (SSSR count). The Morgan fingerprint density at radius 1 is 1.03 bits per heavy atom. The van der Waals surface area contributed by atoms with Gasteiger partial charge in [-0.1, -0.05) is 48.0 Å². The number of rotatable bonds is 8. The molecule has 6 heteroatoms. The van der Waals surface area contributed by atoms with Gasteiger partial charge in [-0.05, 0) is 50.8 Å². The first-order valence-electron chi connectivity index (χ1n) is 9.56. The largest absolute Gasteiger partial charge is 0.454 e. The van der Waals surface area contributed by atoms with E-state index in [4.69, 9.17) is 10.5 Å². The molecule has 0 aliphatic heterocycles. The predicted octanol–water partition coefficient (Wildman–Crippen LogP) is 2.41. The summed E-state index contributed by atoms with van der Waals surface area (Å²) < 4.78 is 5.18. The summed E-state index contributed by atoms with van der Waals surface area (Å²) in [6.07, 6.45) is 0.370. The van der Waals surface area contributed by atoms with Crippen molar-refractivity contribution in [2.45, 2.75) is 46.2 Å². The third-order valence-corrected chi connectivity index (χ3v) is 4.70. The number of amides is 1. The van der Waals surface area contributed by atoms with Crippen LogP contribution in [0.15, 0.2) is 42.5 Å². The van der Waals surface area contributed by atoms with E-state index >= 15 is 0 Å². The monoisotopic (exact) mass is 396 g/mol. The van der Waals surface area contributed by atoms with Crippen molar-refractivity contribution < 1.29 is 19.1 Å². The summed E-state index contributed by atoms with van der Waals surface area (Å²) in [6, 6.07) is 11.6. The van der Waals surface area contributed by atoms with Gasteiger partial charge < -0.3 is 15.8 Å². The fourth-order valence-electron chi connectivity index (χ4n) is 3.20. The van der Waals surface area contributed by atoms with Crippen LogP contribution in [0.1, 0.15) is 39.5 Å². The Balaban J connectivity index is 1.87. The molecule has 2 aromatic carbocycles. The molecule has 0 spiro atoms. The van der Waals surface area contributed by atoms with Crippen LogP contribution in [0.4, 0.5) is 0 Å². The van der Waals surface area contributed by atoms with Crippen LogP contribution in [-0.4, -0.2) is 36.4 Å². The Hall–Kier alpha value is -2.99. The van der Waals surface area contributed by atoms with Crippen molar-refractivity contribution in [3.05, 3.63) is 70.3 Å². The van der Waals surface area contributed by atoms with Gasteiger partial charge in [0.05, 0.1) is 17.6 Å². The first-order valence-corrected chi connectivity index (χ1v) is 9.56. The molecule has 6 nitrogen and oxygen atoms in total. The molecule has 0 unspecified atom stereocenters. The van der Waals surface area contributed by atoms with Crippen molar-refractivity contribution in [1.29, 1.82) is 0 Å². The van der Waals surface area contributed by atoms with Crippen molar-refractivity contribution in [2.24, 2.45) is 5.73 Å². The van der Waals surface area contributed by atoms with Crippen LogP contribution in [0.25, 0.3) is 0 Å². The Bertz CT molecular complexity index is 870. The van der Waals surface area contributed by atoms with E-state index in [9.17, 15) is 14.4 Å². The second-order valence-electron chi connectivity index (χ2n) is 7.34. The molecule has 29 heavy (non-hydrogen) atoms. The Morgan fingerprint density at radius 3 is 2.21 bits per heavy atom. The highest BCUT2D eigenvalue weighted by atomic mass is 16.5. The number of esters is 1. The molecule has 0 radical (unpaired) electrons. The van der Waals surface area contributed by atoms with Gasteiger partial charge in [-0.3, -0.25) is 9.59 Å². The quantitative estimate of drug-likeness (QED) is 0.668. The average Bonchev–Trinajstić information content (AvgIpc) is 2.65. The third-order valence-electron chi connectivity index (χ3n) is 4.70. The molecule has 0 bridgehead atoms. The van der Waals surface area contributed by atoms with Crippen LogP contribution in [0.3, 0.4) is 0 Å². The minimum absolute atomic E-state index is 0.370. The summed E-state index contributed by atoms with van der Waals surface area (Å²) in [5.41, 5.74) is 9.98. The van der Waals surface area contributed by atoms with Gasteiger partial charge in [0.1, 0.15) is 0 Å². The van der Waals surface area contributed by atoms with E-state index in [0.29, 0.717) is 12.0 Å². The number of nitrogens with two attached hydrogens (primary N) is 1. The van der Waals surface area contributed by atoms with E-state index in [1.807, 2.05) is 63.2 Å². The summed E-state index contributed by atoms with van der Waals surface area (Å²) in [6.45, 7) is 6.74. The minimum atomic E-state index is -0.808. The molecule has 0 aliphatic carbocycles. The van der Waals surface area contributed by atoms with Gasteiger partial charge in [0.25, 0.3) is 0 Å². The highest BCUT2D eigenvalue weighted by Gasteiger charge is 2.22. The zero-order valence-corrected chi connectivity index (χ0v) is 17.3. The van der Waals surface area contributed by atoms with Crippen LogP contribution in [0.5, 0.6) is 0 Å². The first-order chi connectivity index (χ1) is 13.7. The maximum Gasteiger partial charge on any atom is 0.339 e. The Kier molecular flexibility index (Phi) is 7.67. The lowest BCUT2D eigenvalue weighted by Gasteiger charge is -2.17. The summed E-state index contributed by atoms with van der Waals surface area (Å²) in [7, 11) is 0. The topological polar surface area (TPSA) is 98.5 Å². The molecule has 2 atom stereocenters. The van der Waals surface area contributed by atoms with Crippen LogP contribution in [0, 0.1) is 20.8 Å². The average molecular weight is 396 g/mol. The molecule has 0 fully saturated rings. The van der Waals surface area contributed by atoms with Crippen molar-refractivity contribution >= 4 is 17.7 Å². The zero-order chi connectivity index (χ0) is 21.6. The van der Waals surface area contributed by atoms with E-state index in [1.165, 1.54) is 0 Å². The number of ketones is 1. The molecule has 154 valence electrons.